The van der Waals surface area contributed by atoms with E-state index in [2.05, 4.69) is 37.3 Å². The highest BCUT2D eigenvalue weighted by Crippen LogP contribution is 2.34. The third-order valence-corrected chi connectivity index (χ3v) is 9.51. The number of aryl methyl sites for hydroxylation is 1. The summed E-state index contributed by atoms with van der Waals surface area (Å²) in [6.45, 7) is 5.76. The summed E-state index contributed by atoms with van der Waals surface area (Å²) in [5.74, 6) is 0.841. The predicted octanol–water partition coefficient (Wildman–Crippen LogP) is 5.37. The highest BCUT2D eigenvalue weighted by Gasteiger charge is 2.44. The summed E-state index contributed by atoms with van der Waals surface area (Å²) in [6.07, 6.45) is 6.74. The Morgan fingerprint density at radius 3 is 2.21 bits per heavy atom. The number of allylic oxidation sites excluding steroid dienone is 1. The number of aromatic nitrogens is 4. The summed E-state index contributed by atoms with van der Waals surface area (Å²) in [4.78, 5) is 63.7. The van der Waals surface area contributed by atoms with Crippen LogP contribution in [-0.4, -0.2) is 66.8 Å². The van der Waals surface area contributed by atoms with E-state index in [4.69, 9.17) is 14.0 Å². The van der Waals surface area contributed by atoms with Gasteiger partial charge >= 0.3 is 0 Å². The third kappa shape index (κ3) is 6.73. The Kier molecular flexibility index (Phi) is 8.70. The summed E-state index contributed by atoms with van der Waals surface area (Å²) >= 11 is 0. The summed E-state index contributed by atoms with van der Waals surface area (Å²) in [5, 5.41) is 9.46. The molecule has 5 aromatic rings. The average molecular weight is 712 g/mol. The van der Waals surface area contributed by atoms with Crippen LogP contribution in [0.3, 0.4) is 0 Å². The highest BCUT2D eigenvalue weighted by atomic mass is 16.5. The molecule has 3 aromatic carbocycles. The van der Waals surface area contributed by atoms with Crippen LogP contribution < -0.4 is 20.1 Å². The van der Waals surface area contributed by atoms with Gasteiger partial charge in [-0.3, -0.25) is 29.4 Å². The van der Waals surface area contributed by atoms with Crippen LogP contribution in [0.5, 0.6) is 17.2 Å². The largest absolute Gasteiger partial charge is 0.490 e. The van der Waals surface area contributed by atoms with Gasteiger partial charge in [0.15, 0.2) is 5.75 Å². The molecule has 14 nitrogen and oxygen atoms in total. The molecule has 1 aliphatic carbocycles. The van der Waals surface area contributed by atoms with Gasteiger partial charge in [0, 0.05) is 43.8 Å². The summed E-state index contributed by atoms with van der Waals surface area (Å²) in [7, 11) is 0. The maximum absolute atomic E-state index is 13.2. The molecule has 4 heterocycles. The van der Waals surface area contributed by atoms with Crippen molar-refractivity contribution in [1.82, 2.24) is 30.3 Å². The van der Waals surface area contributed by atoms with E-state index in [0.29, 0.717) is 34.7 Å². The molecule has 8 rings (SSSR count). The molecule has 0 spiro atoms. The lowest BCUT2D eigenvalue weighted by atomic mass is 9.88. The van der Waals surface area contributed by atoms with E-state index in [1.54, 1.807) is 37.5 Å². The number of fused-ring (bicyclic) bond motifs is 1. The monoisotopic (exact) mass is 711 g/mol. The number of benzene rings is 3. The second kappa shape index (κ2) is 13.8. The number of carbonyl (C=O) groups is 4. The van der Waals surface area contributed by atoms with Gasteiger partial charge in [-0.2, -0.15) is 4.98 Å². The maximum Gasteiger partial charge on any atom is 0.262 e. The molecule has 2 aliphatic heterocycles. The number of nitrogens with one attached hydrogen (secondary N) is 2. The normalized spacial score (nSPS) is 19.9. The Labute approximate surface area is 303 Å². The smallest absolute Gasteiger partial charge is 0.262 e. The van der Waals surface area contributed by atoms with Crippen LogP contribution >= 0.6 is 0 Å². The van der Waals surface area contributed by atoms with E-state index < -0.39 is 29.7 Å². The number of hydrogen-bond donors (Lipinski definition) is 2. The van der Waals surface area contributed by atoms with Gasteiger partial charge in [0.2, 0.25) is 29.4 Å². The Balaban J connectivity index is 0.827. The molecule has 0 radical (unpaired) electrons. The lowest BCUT2D eigenvalue weighted by molar-refractivity contribution is -0.136. The zero-order chi connectivity index (χ0) is 36.6. The number of amides is 4. The van der Waals surface area contributed by atoms with Crippen molar-refractivity contribution in [3.63, 3.8) is 0 Å². The van der Waals surface area contributed by atoms with Gasteiger partial charge in [0.05, 0.1) is 23.5 Å². The van der Waals surface area contributed by atoms with Crippen LogP contribution in [0.15, 0.2) is 96.3 Å². The number of rotatable bonds is 11. The predicted molar refractivity (Wildman–Crippen MR) is 189 cm³/mol. The number of carbonyl (C=O) groups excluding carboxylic acids is 4. The van der Waals surface area contributed by atoms with Crippen molar-refractivity contribution in [3.8, 4) is 28.9 Å². The molecule has 3 aliphatic rings. The number of piperidine rings is 1. The summed E-state index contributed by atoms with van der Waals surface area (Å²) < 4.78 is 17.1. The van der Waals surface area contributed by atoms with Gasteiger partial charge in [-0.15, -0.1) is 6.58 Å². The zero-order valence-electron chi connectivity index (χ0n) is 28.5. The van der Waals surface area contributed by atoms with Crippen molar-refractivity contribution in [2.24, 2.45) is 0 Å². The second-order valence-corrected chi connectivity index (χ2v) is 13.1. The van der Waals surface area contributed by atoms with Crippen LogP contribution in [0.1, 0.15) is 69.3 Å². The molecule has 266 valence electrons. The molecule has 2 N–H and O–H groups in total. The number of hydrogen-bond acceptors (Lipinski definition) is 12. The SMILES string of the molecule is C=CC(c1ccc(Oc2cnc(-c3noc(C)n3)nc2)cc1)c1ccc(OC2CC(Nc3ccc4c(c3)C(=O)N(C3CCC(=O)NC3=O)C4=O)C2)cc1. The quantitative estimate of drug-likeness (QED) is 0.132. The molecule has 1 saturated heterocycles. The first-order valence-electron chi connectivity index (χ1n) is 17.1. The highest BCUT2D eigenvalue weighted by molar-refractivity contribution is 6.23. The van der Waals surface area contributed by atoms with E-state index in [9.17, 15) is 19.2 Å². The molecule has 2 aromatic heterocycles. The zero-order valence-corrected chi connectivity index (χ0v) is 28.5. The van der Waals surface area contributed by atoms with Gasteiger partial charge in [0.1, 0.15) is 23.6 Å². The topological polar surface area (TPSA) is 179 Å². The van der Waals surface area contributed by atoms with Crippen molar-refractivity contribution in [1.29, 1.82) is 0 Å². The lowest BCUT2D eigenvalue weighted by Crippen LogP contribution is -2.54. The van der Waals surface area contributed by atoms with Gasteiger partial charge in [-0.25, -0.2) is 9.97 Å². The minimum absolute atomic E-state index is 0.0199. The molecule has 2 unspecified atom stereocenters. The van der Waals surface area contributed by atoms with Crippen LogP contribution in [0, 0.1) is 6.92 Å². The Bertz CT molecular complexity index is 2230. The van der Waals surface area contributed by atoms with Gasteiger partial charge in [-0.05, 0) is 60.0 Å². The van der Waals surface area contributed by atoms with E-state index in [1.807, 2.05) is 54.6 Å². The first kappa shape index (κ1) is 33.4. The maximum atomic E-state index is 13.2. The first-order valence-corrected chi connectivity index (χ1v) is 17.1. The molecule has 1 saturated carbocycles. The van der Waals surface area contributed by atoms with Crippen LogP contribution in [0.4, 0.5) is 5.69 Å². The van der Waals surface area contributed by atoms with Gasteiger partial charge in [0.25, 0.3) is 11.8 Å². The van der Waals surface area contributed by atoms with Crippen molar-refractivity contribution in [2.75, 3.05) is 5.32 Å². The molecule has 2 atom stereocenters. The van der Waals surface area contributed by atoms with E-state index >= 15 is 0 Å². The minimum atomic E-state index is -0.994. The number of ether oxygens (including phenoxy) is 2. The number of nitrogens with zero attached hydrogens (tertiary/aromatic N) is 5. The molecule has 2 fully saturated rings. The van der Waals surface area contributed by atoms with E-state index in [0.717, 1.165) is 34.6 Å². The molecule has 0 bridgehead atoms. The molecular weight excluding hydrogens is 678 g/mol. The number of anilines is 1. The standard InChI is InChI=1S/C39H33N7O7/c1-3-30(23-6-11-27(12-7-23)52-29-19-40-35(41-20-29)36-42-21(2)53-45-36)22-4-9-26(10-5-22)51-28-16-25(17-28)43-24-8-13-31-32(18-24)39(50)46(38(31)49)33-14-15-34(47)44-37(33)48/h3-13,18-20,25,28,30,33,43H,1,14-17H2,2H3,(H,44,47,48). The fourth-order valence-corrected chi connectivity index (χ4v) is 6.74. The lowest BCUT2D eigenvalue weighted by Gasteiger charge is -2.36. The van der Waals surface area contributed by atoms with Crippen molar-refractivity contribution in [3.05, 3.63) is 120 Å². The van der Waals surface area contributed by atoms with E-state index in [1.165, 1.54) is 0 Å². The molecule has 53 heavy (non-hydrogen) atoms. The van der Waals surface area contributed by atoms with Crippen LogP contribution in [0.25, 0.3) is 11.6 Å². The Morgan fingerprint density at radius 1 is 0.887 bits per heavy atom. The average Bonchev–Trinajstić information content (AvgIpc) is 3.69. The van der Waals surface area contributed by atoms with Gasteiger partial charge < -0.3 is 19.3 Å². The first-order chi connectivity index (χ1) is 25.7. The fourth-order valence-electron chi connectivity index (χ4n) is 6.74. The summed E-state index contributed by atoms with van der Waals surface area (Å²) in [6, 6.07) is 19.9. The van der Waals surface area contributed by atoms with Crippen LogP contribution in [-0.2, 0) is 9.59 Å². The fraction of sp³-hybridized carbons (Fsp3) is 0.231. The Hall–Kier alpha value is -6.70. The van der Waals surface area contributed by atoms with Crippen molar-refractivity contribution < 1.29 is 33.2 Å². The van der Waals surface area contributed by atoms with Crippen molar-refractivity contribution in [2.45, 2.75) is 56.7 Å². The second-order valence-electron chi connectivity index (χ2n) is 13.1. The number of imide groups is 2. The molecule has 14 heteroatoms. The molecular formula is C39H33N7O7. The minimum Gasteiger partial charge on any atom is -0.490 e. The van der Waals surface area contributed by atoms with Crippen molar-refractivity contribution >= 4 is 29.3 Å². The van der Waals surface area contributed by atoms with Crippen LogP contribution in [0.2, 0.25) is 0 Å². The molecule has 4 amide bonds. The van der Waals surface area contributed by atoms with E-state index in [-0.39, 0.29) is 42.0 Å². The summed E-state index contributed by atoms with van der Waals surface area (Å²) in [5.41, 5.74) is 3.32. The Morgan fingerprint density at radius 2 is 1.57 bits per heavy atom. The third-order valence-electron chi connectivity index (χ3n) is 9.51. The van der Waals surface area contributed by atoms with Gasteiger partial charge in [-0.1, -0.05) is 35.5 Å².